The van der Waals surface area contributed by atoms with Crippen molar-refractivity contribution in [2.75, 3.05) is 54.1 Å². The number of aromatic nitrogens is 2. The number of imide groups is 2. The summed E-state index contributed by atoms with van der Waals surface area (Å²) in [5.41, 5.74) is 13.1. The molecule has 18 nitrogen and oxygen atoms in total. The van der Waals surface area contributed by atoms with Crippen molar-refractivity contribution in [2.24, 2.45) is 22.8 Å². The van der Waals surface area contributed by atoms with Crippen LogP contribution in [0.2, 0.25) is 0 Å². The fourth-order valence-electron chi connectivity index (χ4n) is 9.57. The van der Waals surface area contributed by atoms with E-state index in [0.29, 0.717) is 44.2 Å². The number of primary amides is 2. The van der Waals surface area contributed by atoms with Crippen molar-refractivity contribution in [3.8, 4) is 0 Å². The Kier molecular flexibility index (Phi) is 9.81. The number of likely N-dealkylation sites (tertiary alicyclic amines) is 1. The number of hydrogen-bond acceptors (Lipinski definition) is 13. The van der Waals surface area contributed by atoms with E-state index in [1.54, 1.807) is 24.3 Å². The summed E-state index contributed by atoms with van der Waals surface area (Å²) in [5, 5.41) is 5.29. The number of carbonyl (C=O) groups is 6. The SMILES string of the molecule is CS(=O)(=O)c1ccc(Nc2nc(N3CCC[C@@H](C4N(C(N)=O)CCC45CCN(c4ccc6c(c4)C(=O)N(C4CCC(=O)NC4=O)C6=O)CC5)C3)cnc2C(N)=O)cc1. The molecule has 4 saturated heterocycles. The van der Waals surface area contributed by atoms with Gasteiger partial charge in [0.25, 0.3) is 17.7 Å². The molecule has 2 aromatic carbocycles. The van der Waals surface area contributed by atoms with E-state index < -0.39 is 51.4 Å². The summed E-state index contributed by atoms with van der Waals surface area (Å²) >= 11 is 0. The molecule has 6 heterocycles. The minimum atomic E-state index is -3.41. The van der Waals surface area contributed by atoms with E-state index in [-0.39, 0.29) is 57.8 Å². The van der Waals surface area contributed by atoms with Crippen molar-refractivity contribution in [1.82, 2.24) is 25.1 Å². The number of nitrogens with one attached hydrogen (secondary N) is 2. The molecule has 0 saturated carbocycles. The third kappa shape index (κ3) is 6.96. The van der Waals surface area contributed by atoms with Crippen molar-refractivity contribution < 1.29 is 37.2 Å². The van der Waals surface area contributed by atoms with Crippen LogP contribution in [0.15, 0.2) is 53.6 Å². The molecule has 0 aliphatic carbocycles. The van der Waals surface area contributed by atoms with Gasteiger partial charge in [-0.1, -0.05) is 0 Å². The molecule has 3 aromatic rings. The van der Waals surface area contributed by atoms with Crippen LogP contribution in [0.5, 0.6) is 0 Å². The van der Waals surface area contributed by atoms with Crippen LogP contribution in [0.4, 0.5) is 27.8 Å². The Morgan fingerprint density at radius 1 is 0.897 bits per heavy atom. The Balaban J connectivity index is 0.989. The summed E-state index contributed by atoms with van der Waals surface area (Å²) in [6.07, 6.45) is 6.70. The standard InChI is InChI=1S/C39H44N10O8S/c1-58(56,57)25-7-4-23(5-8-25)43-34-31(33(40)51)42-20-29(44-34)47-15-2-3-22(21-47)32-39(14-18-48(32)38(41)55)12-16-46(17-13-39)24-6-9-26-27(19-24)37(54)49(36(26)53)28-10-11-30(50)45-35(28)52/h4-9,19-20,22,28,32H,2-3,10-18,21H2,1H3,(H2,40,51)(H2,41,55)(H,43,44)(H,45,50,52)/t22-,28?,32?/m1/s1. The third-order valence-corrected chi connectivity index (χ3v) is 13.5. The number of hydrogen-bond donors (Lipinski definition) is 4. The van der Waals surface area contributed by atoms with Crippen molar-refractivity contribution in [3.05, 3.63) is 65.5 Å². The number of benzene rings is 2. The normalized spacial score (nSPS) is 23.3. The maximum Gasteiger partial charge on any atom is 0.315 e. The summed E-state index contributed by atoms with van der Waals surface area (Å²) in [7, 11) is -3.41. The number of rotatable bonds is 8. The van der Waals surface area contributed by atoms with Crippen molar-refractivity contribution in [1.29, 1.82) is 0 Å². The van der Waals surface area contributed by atoms with Crippen LogP contribution < -0.4 is 31.9 Å². The van der Waals surface area contributed by atoms with E-state index in [9.17, 15) is 37.2 Å². The van der Waals surface area contributed by atoms with Crippen molar-refractivity contribution in [2.45, 2.75) is 61.9 Å². The number of carbonyl (C=O) groups excluding carboxylic acids is 6. The molecule has 5 aliphatic heterocycles. The molecule has 6 N–H and O–H groups in total. The van der Waals surface area contributed by atoms with Crippen LogP contribution in [0.1, 0.15) is 76.2 Å². The van der Waals surface area contributed by atoms with Crippen molar-refractivity contribution >= 4 is 68.4 Å². The van der Waals surface area contributed by atoms with E-state index in [2.05, 4.69) is 25.4 Å². The second-order valence-corrected chi connectivity index (χ2v) is 17.8. The highest BCUT2D eigenvalue weighted by Crippen LogP contribution is 2.50. The van der Waals surface area contributed by atoms with Crippen LogP contribution in [-0.4, -0.2) is 115 Å². The zero-order valence-corrected chi connectivity index (χ0v) is 32.7. The van der Waals surface area contributed by atoms with E-state index in [1.165, 1.54) is 18.3 Å². The number of urea groups is 1. The number of nitrogens with two attached hydrogens (primary N) is 2. The highest BCUT2D eigenvalue weighted by Gasteiger charge is 2.53. The number of anilines is 4. The summed E-state index contributed by atoms with van der Waals surface area (Å²) in [4.78, 5) is 92.7. The van der Waals surface area contributed by atoms with Gasteiger partial charge in [-0.15, -0.1) is 0 Å². The smallest absolute Gasteiger partial charge is 0.315 e. The first-order valence-electron chi connectivity index (χ1n) is 19.3. The summed E-state index contributed by atoms with van der Waals surface area (Å²) in [6, 6.07) is 9.52. The topological polar surface area (TPSA) is 251 Å². The highest BCUT2D eigenvalue weighted by atomic mass is 32.2. The average molecular weight is 813 g/mol. The molecule has 19 heteroatoms. The lowest BCUT2D eigenvalue weighted by atomic mass is 9.67. The van der Waals surface area contributed by atoms with Crippen LogP contribution in [0.25, 0.3) is 0 Å². The Labute approximate surface area is 334 Å². The van der Waals surface area contributed by atoms with Gasteiger partial charge in [-0.2, -0.15) is 0 Å². The van der Waals surface area contributed by atoms with Gasteiger partial charge in [-0.3, -0.25) is 34.2 Å². The summed E-state index contributed by atoms with van der Waals surface area (Å²) < 4.78 is 23.9. The minimum Gasteiger partial charge on any atom is -0.371 e. The molecule has 0 bridgehead atoms. The summed E-state index contributed by atoms with van der Waals surface area (Å²) in [6.45, 7) is 3.02. The van der Waals surface area contributed by atoms with Gasteiger partial charge < -0.3 is 31.5 Å². The highest BCUT2D eigenvalue weighted by molar-refractivity contribution is 7.90. The zero-order chi connectivity index (χ0) is 41.1. The van der Waals surface area contributed by atoms with E-state index in [0.717, 1.165) is 48.9 Å². The predicted octanol–water partition coefficient (Wildman–Crippen LogP) is 1.78. The predicted molar refractivity (Wildman–Crippen MR) is 210 cm³/mol. The quantitative estimate of drug-likeness (QED) is 0.237. The van der Waals surface area contributed by atoms with Crippen LogP contribution in [0, 0.1) is 11.3 Å². The second-order valence-electron chi connectivity index (χ2n) is 15.8. The monoisotopic (exact) mass is 812 g/mol. The van der Waals surface area contributed by atoms with Crippen molar-refractivity contribution in [3.63, 3.8) is 0 Å². The molecular formula is C39H44N10O8S. The van der Waals surface area contributed by atoms with E-state index >= 15 is 0 Å². The van der Waals surface area contributed by atoms with Gasteiger partial charge in [-0.05, 0) is 92.3 Å². The largest absolute Gasteiger partial charge is 0.371 e. The first kappa shape index (κ1) is 38.7. The molecule has 0 radical (unpaired) electrons. The lowest BCUT2D eigenvalue weighted by Crippen LogP contribution is -2.56. The first-order chi connectivity index (χ1) is 27.6. The molecule has 304 valence electrons. The Morgan fingerprint density at radius 3 is 2.28 bits per heavy atom. The number of nitrogens with zero attached hydrogens (tertiary/aromatic N) is 6. The maximum atomic E-state index is 13.5. The molecule has 5 aliphatic rings. The van der Waals surface area contributed by atoms with Gasteiger partial charge in [0.05, 0.1) is 22.2 Å². The fourth-order valence-corrected chi connectivity index (χ4v) is 10.2. The van der Waals surface area contributed by atoms with Gasteiger partial charge in [0.1, 0.15) is 11.9 Å². The molecule has 7 amide bonds. The minimum absolute atomic E-state index is 0.0368. The number of piperidine rings is 3. The number of sulfone groups is 1. The maximum absolute atomic E-state index is 13.5. The summed E-state index contributed by atoms with van der Waals surface area (Å²) in [5.74, 6) is -2.30. The molecule has 8 rings (SSSR count). The number of fused-ring (bicyclic) bond motifs is 1. The fraction of sp³-hybridized carbons (Fsp3) is 0.436. The molecule has 1 aromatic heterocycles. The third-order valence-electron chi connectivity index (χ3n) is 12.4. The van der Waals surface area contributed by atoms with Gasteiger partial charge in [0, 0.05) is 62.8 Å². The zero-order valence-electron chi connectivity index (χ0n) is 31.8. The Hall–Kier alpha value is -6.11. The Bertz CT molecular complexity index is 2350. The Morgan fingerprint density at radius 2 is 1.60 bits per heavy atom. The first-order valence-corrected chi connectivity index (χ1v) is 21.2. The van der Waals surface area contributed by atoms with Gasteiger partial charge in [-0.25, -0.2) is 23.2 Å². The molecule has 4 fully saturated rings. The van der Waals surface area contributed by atoms with Gasteiger partial charge >= 0.3 is 6.03 Å². The molecule has 2 unspecified atom stereocenters. The second kappa shape index (κ2) is 14.7. The molecular weight excluding hydrogens is 769 g/mol. The van der Waals surface area contributed by atoms with E-state index in [1.807, 2.05) is 11.0 Å². The van der Waals surface area contributed by atoms with Gasteiger partial charge in [0.15, 0.2) is 21.3 Å². The van der Waals surface area contributed by atoms with Crippen LogP contribution in [0.3, 0.4) is 0 Å². The molecule has 58 heavy (non-hydrogen) atoms. The van der Waals surface area contributed by atoms with Crippen LogP contribution >= 0.6 is 0 Å². The average Bonchev–Trinajstić information content (AvgIpc) is 3.68. The molecule has 1 spiro atoms. The van der Waals surface area contributed by atoms with E-state index in [4.69, 9.17) is 16.5 Å². The lowest BCUT2D eigenvalue weighted by molar-refractivity contribution is -0.136. The molecule has 3 atom stereocenters. The lowest BCUT2D eigenvalue weighted by Gasteiger charge is -2.49. The number of amides is 7. The van der Waals surface area contributed by atoms with Gasteiger partial charge in [0.2, 0.25) is 11.8 Å². The van der Waals surface area contributed by atoms with Crippen LogP contribution in [-0.2, 0) is 19.4 Å².